The van der Waals surface area contributed by atoms with Crippen LogP contribution in [0, 0.1) is 58.2 Å². The fraction of sp³-hybridized carbons (Fsp3) is 0.931. The standard InChI is InChI=1S/C29H50O/c1-18(2)16-19(3)17-20(4)23-10-11-25-22-8-9-24-21(5)27(30)13-15-29(24,7)26(22)12-14-28(23,25)6/h17-18,20-27,30H,8-16H2,1-7H3/b19-17+/t20-,21-,22+,23+,24-,25+,26-,27-,28+,29-/m0/s1. The van der Waals surface area contributed by atoms with Crippen LogP contribution in [0.1, 0.15) is 106 Å². The monoisotopic (exact) mass is 414 g/mol. The zero-order chi connectivity index (χ0) is 21.8. The van der Waals surface area contributed by atoms with Crippen molar-refractivity contribution in [2.24, 2.45) is 58.2 Å². The van der Waals surface area contributed by atoms with E-state index < -0.39 is 0 Å². The van der Waals surface area contributed by atoms with Crippen molar-refractivity contribution < 1.29 is 5.11 Å². The summed E-state index contributed by atoms with van der Waals surface area (Å²) < 4.78 is 0. The summed E-state index contributed by atoms with van der Waals surface area (Å²) in [5.74, 6) is 6.44. The Labute approximate surface area is 187 Å². The molecule has 0 aromatic heterocycles. The number of aliphatic hydroxyl groups excluding tert-OH is 1. The van der Waals surface area contributed by atoms with E-state index in [4.69, 9.17) is 0 Å². The number of rotatable bonds is 4. The molecule has 0 aromatic carbocycles. The maximum Gasteiger partial charge on any atom is 0.0568 e. The molecule has 0 aliphatic heterocycles. The summed E-state index contributed by atoms with van der Waals surface area (Å²) in [5.41, 5.74) is 2.65. The molecule has 4 aliphatic carbocycles. The van der Waals surface area contributed by atoms with Gasteiger partial charge in [0.1, 0.15) is 0 Å². The maximum absolute atomic E-state index is 10.5. The molecule has 4 rings (SSSR count). The summed E-state index contributed by atoms with van der Waals surface area (Å²) in [6.45, 7) is 17.2. The van der Waals surface area contributed by atoms with Gasteiger partial charge in [0.15, 0.2) is 0 Å². The lowest BCUT2D eigenvalue weighted by Crippen LogP contribution is -2.56. The first-order valence-corrected chi connectivity index (χ1v) is 13.4. The molecule has 0 unspecified atom stereocenters. The van der Waals surface area contributed by atoms with Gasteiger partial charge in [-0.2, -0.15) is 0 Å². The van der Waals surface area contributed by atoms with Crippen molar-refractivity contribution in [3.8, 4) is 0 Å². The van der Waals surface area contributed by atoms with Crippen LogP contribution >= 0.6 is 0 Å². The van der Waals surface area contributed by atoms with Gasteiger partial charge in [-0.15, -0.1) is 0 Å². The third kappa shape index (κ3) is 3.64. The van der Waals surface area contributed by atoms with Crippen LogP contribution in [0.15, 0.2) is 11.6 Å². The van der Waals surface area contributed by atoms with Gasteiger partial charge >= 0.3 is 0 Å². The molecule has 0 bridgehead atoms. The molecule has 4 saturated carbocycles. The Morgan fingerprint density at radius 3 is 2.23 bits per heavy atom. The fourth-order valence-electron chi connectivity index (χ4n) is 9.89. The molecule has 172 valence electrons. The van der Waals surface area contributed by atoms with Gasteiger partial charge in [-0.3, -0.25) is 0 Å². The summed E-state index contributed by atoms with van der Waals surface area (Å²) in [5, 5.41) is 10.5. The third-order valence-corrected chi connectivity index (χ3v) is 11.1. The van der Waals surface area contributed by atoms with Gasteiger partial charge < -0.3 is 5.11 Å². The Bertz CT molecular complexity index is 649. The number of fused-ring (bicyclic) bond motifs is 5. The Morgan fingerprint density at radius 2 is 1.53 bits per heavy atom. The SMILES string of the molecule is C/C(=C\[C@H](C)[C@H]1CC[C@@H]2[C@H]3CC[C@H]4[C@H](C)[C@@H](O)CC[C@]4(C)[C@H]3CC[C@@]21C)CC(C)C. The van der Waals surface area contributed by atoms with Crippen LogP contribution in [-0.4, -0.2) is 11.2 Å². The van der Waals surface area contributed by atoms with E-state index in [1.165, 1.54) is 51.4 Å². The molecule has 4 aliphatic rings. The highest BCUT2D eigenvalue weighted by Crippen LogP contribution is 2.68. The van der Waals surface area contributed by atoms with Gasteiger partial charge in [0.25, 0.3) is 0 Å². The van der Waals surface area contributed by atoms with E-state index in [0.29, 0.717) is 16.7 Å². The predicted molar refractivity (Wildman–Crippen MR) is 128 cm³/mol. The molecule has 1 N–H and O–H groups in total. The summed E-state index contributed by atoms with van der Waals surface area (Å²) in [4.78, 5) is 0. The van der Waals surface area contributed by atoms with Gasteiger partial charge in [0, 0.05) is 0 Å². The van der Waals surface area contributed by atoms with E-state index in [2.05, 4.69) is 54.5 Å². The largest absolute Gasteiger partial charge is 0.393 e. The second-order valence-electron chi connectivity index (χ2n) is 13.2. The van der Waals surface area contributed by atoms with Crippen molar-refractivity contribution in [1.82, 2.24) is 0 Å². The van der Waals surface area contributed by atoms with Crippen LogP contribution in [0.3, 0.4) is 0 Å². The van der Waals surface area contributed by atoms with E-state index in [0.717, 1.165) is 47.8 Å². The maximum atomic E-state index is 10.5. The number of hydrogen-bond donors (Lipinski definition) is 1. The molecule has 0 aromatic rings. The van der Waals surface area contributed by atoms with E-state index in [1.807, 2.05) is 0 Å². The van der Waals surface area contributed by atoms with Crippen molar-refractivity contribution in [3.05, 3.63) is 11.6 Å². The molecule has 1 nitrogen and oxygen atoms in total. The zero-order valence-electron chi connectivity index (χ0n) is 21.1. The Balaban J connectivity index is 1.53. The summed E-state index contributed by atoms with van der Waals surface area (Å²) >= 11 is 0. The molecular weight excluding hydrogens is 364 g/mol. The van der Waals surface area contributed by atoms with Crippen molar-refractivity contribution in [1.29, 1.82) is 0 Å². The van der Waals surface area contributed by atoms with E-state index in [-0.39, 0.29) is 6.10 Å². The lowest BCUT2D eigenvalue weighted by molar-refractivity contribution is -0.148. The Hall–Kier alpha value is -0.300. The average Bonchev–Trinajstić information content (AvgIpc) is 3.01. The Kier molecular flexibility index (Phi) is 6.28. The normalized spacial score (nSPS) is 50.0. The minimum Gasteiger partial charge on any atom is -0.393 e. The second-order valence-corrected chi connectivity index (χ2v) is 13.2. The van der Waals surface area contributed by atoms with Crippen LogP contribution in [0.25, 0.3) is 0 Å². The molecule has 10 atom stereocenters. The Morgan fingerprint density at radius 1 is 0.900 bits per heavy atom. The van der Waals surface area contributed by atoms with Gasteiger partial charge in [0.05, 0.1) is 6.10 Å². The van der Waals surface area contributed by atoms with Gasteiger partial charge in [0.2, 0.25) is 0 Å². The first-order valence-electron chi connectivity index (χ1n) is 13.4. The number of hydrogen-bond acceptors (Lipinski definition) is 1. The average molecular weight is 415 g/mol. The quantitative estimate of drug-likeness (QED) is 0.464. The molecule has 1 heteroatoms. The van der Waals surface area contributed by atoms with E-state index in [9.17, 15) is 5.11 Å². The number of allylic oxidation sites excluding steroid dienone is 2. The third-order valence-electron chi connectivity index (χ3n) is 11.1. The van der Waals surface area contributed by atoms with Crippen molar-refractivity contribution in [2.75, 3.05) is 0 Å². The van der Waals surface area contributed by atoms with Crippen LogP contribution in [0.4, 0.5) is 0 Å². The molecular formula is C29H50O. The first-order chi connectivity index (χ1) is 14.1. The van der Waals surface area contributed by atoms with Crippen molar-refractivity contribution in [3.63, 3.8) is 0 Å². The van der Waals surface area contributed by atoms with Gasteiger partial charge in [-0.1, -0.05) is 53.2 Å². The van der Waals surface area contributed by atoms with Crippen molar-refractivity contribution >= 4 is 0 Å². The first kappa shape index (κ1) is 22.9. The van der Waals surface area contributed by atoms with Crippen LogP contribution in [0.2, 0.25) is 0 Å². The minimum absolute atomic E-state index is 0.0499. The van der Waals surface area contributed by atoms with Crippen LogP contribution < -0.4 is 0 Å². The summed E-state index contributed by atoms with van der Waals surface area (Å²) in [6.07, 6.45) is 14.8. The smallest absolute Gasteiger partial charge is 0.0568 e. The highest BCUT2D eigenvalue weighted by atomic mass is 16.3. The van der Waals surface area contributed by atoms with Gasteiger partial charge in [-0.25, -0.2) is 0 Å². The van der Waals surface area contributed by atoms with E-state index in [1.54, 1.807) is 5.57 Å². The summed E-state index contributed by atoms with van der Waals surface area (Å²) in [6, 6.07) is 0. The fourth-order valence-corrected chi connectivity index (χ4v) is 9.89. The molecule has 4 fully saturated rings. The van der Waals surface area contributed by atoms with Crippen LogP contribution in [-0.2, 0) is 0 Å². The summed E-state index contributed by atoms with van der Waals surface area (Å²) in [7, 11) is 0. The van der Waals surface area contributed by atoms with Gasteiger partial charge in [-0.05, 0) is 123 Å². The molecule has 0 amide bonds. The topological polar surface area (TPSA) is 20.2 Å². The van der Waals surface area contributed by atoms with E-state index >= 15 is 0 Å². The molecule has 30 heavy (non-hydrogen) atoms. The lowest BCUT2D eigenvalue weighted by atomic mass is 9.43. The molecule has 0 radical (unpaired) electrons. The molecule has 0 heterocycles. The van der Waals surface area contributed by atoms with Crippen LogP contribution in [0.5, 0.6) is 0 Å². The molecule has 0 spiro atoms. The number of aliphatic hydroxyl groups is 1. The lowest BCUT2D eigenvalue weighted by Gasteiger charge is -2.62. The minimum atomic E-state index is -0.0499. The highest BCUT2D eigenvalue weighted by Gasteiger charge is 2.61. The highest BCUT2D eigenvalue weighted by molar-refractivity contribution is 5.13. The predicted octanol–water partition coefficient (Wildman–Crippen LogP) is 7.88. The second kappa shape index (κ2) is 8.24. The van der Waals surface area contributed by atoms with Crippen molar-refractivity contribution in [2.45, 2.75) is 112 Å². The molecule has 0 saturated heterocycles. The zero-order valence-corrected chi connectivity index (χ0v) is 21.1.